The topological polar surface area (TPSA) is 102 Å². The van der Waals surface area contributed by atoms with E-state index in [9.17, 15) is 14.4 Å². The maximum atomic E-state index is 12.0. The Balaban J connectivity index is 2.55. The van der Waals surface area contributed by atoms with Crippen molar-refractivity contribution < 1.29 is 19.1 Å². The van der Waals surface area contributed by atoms with Gasteiger partial charge < -0.3 is 20.7 Å². The minimum absolute atomic E-state index is 0.00636. The highest BCUT2D eigenvalue weighted by molar-refractivity contribution is 7.80. The zero-order chi connectivity index (χ0) is 19.4. The molecule has 7 nitrogen and oxygen atoms in total. The lowest BCUT2D eigenvalue weighted by Gasteiger charge is -2.25. The molecule has 26 heavy (non-hydrogen) atoms. The fourth-order valence-corrected chi connectivity index (χ4v) is 2.47. The first-order chi connectivity index (χ1) is 12.4. The van der Waals surface area contributed by atoms with Crippen LogP contribution in [0.25, 0.3) is 0 Å². The second-order valence-electron chi connectivity index (χ2n) is 5.60. The summed E-state index contributed by atoms with van der Waals surface area (Å²) < 4.78 is 4.78. The van der Waals surface area contributed by atoms with Crippen molar-refractivity contribution in [2.45, 2.75) is 32.6 Å². The second kappa shape index (κ2) is 12.0. The molecule has 2 amide bonds. The van der Waals surface area contributed by atoms with Gasteiger partial charge in [-0.1, -0.05) is 30.3 Å². The summed E-state index contributed by atoms with van der Waals surface area (Å²) in [5.41, 5.74) is 6.33. The van der Waals surface area contributed by atoms with Crippen molar-refractivity contribution in [2.75, 3.05) is 19.7 Å². The number of nitrogens with one attached hydrogen (secondary N) is 1. The average Bonchev–Trinajstić information content (AvgIpc) is 2.60. The lowest BCUT2D eigenvalue weighted by atomic mass is 10.1. The summed E-state index contributed by atoms with van der Waals surface area (Å²) in [7, 11) is 0. The maximum absolute atomic E-state index is 12.0. The molecule has 0 saturated carbocycles. The Hall–Kier alpha value is -2.48. The smallest absolute Gasteiger partial charge is 0.306 e. The fourth-order valence-electron chi connectivity index (χ4n) is 2.18. The third-order valence-corrected chi connectivity index (χ3v) is 3.90. The van der Waals surface area contributed by atoms with Crippen LogP contribution in [0.5, 0.6) is 0 Å². The second-order valence-corrected chi connectivity index (χ2v) is 5.98. The molecule has 1 aromatic carbocycles. The molecule has 0 spiro atoms. The van der Waals surface area contributed by atoms with E-state index in [-0.39, 0.29) is 36.9 Å². The van der Waals surface area contributed by atoms with Crippen LogP contribution in [0.4, 0.5) is 0 Å². The Morgan fingerprint density at radius 3 is 2.42 bits per heavy atom. The van der Waals surface area contributed by atoms with Gasteiger partial charge in [-0.2, -0.15) is 0 Å². The predicted molar refractivity (Wildman–Crippen MR) is 102 cm³/mol. The molecule has 0 aliphatic heterocycles. The van der Waals surface area contributed by atoms with E-state index < -0.39 is 11.9 Å². The number of hydrogen-bond donors (Lipinski definition) is 2. The molecule has 0 saturated heterocycles. The van der Waals surface area contributed by atoms with Crippen molar-refractivity contribution in [1.82, 2.24) is 10.2 Å². The van der Waals surface area contributed by atoms with Gasteiger partial charge in [-0.3, -0.25) is 14.4 Å². The van der Waals surface area contributed by atoms with Gasteiger partial charge in [0.05, 0.1) is 13.0 Å². The van der Waals surface area contributed by atoms with Gasteiger partial charge in [0.15, 0.2) is 5.11 Å². The molecule has 0 atom stereocenters. The average molecular weight is 379 g/mol. The van der Waals surface area contributed by atoms with Crippen LogP contribution in [0.3, 0.4) is 0 Å². The molecule has 3 N–H and O–H groups in total. The summed E-state index contributed by atoms with van der Waals surface area (Å²) in [5, 5.41) is 2.81. The number of carbonyl (C=O) groups excluding carboxylic acids is 3. The standard InChI is InChI=1S/C18H25N3O4S/c1-2-25-17(24)9-8-16(23)20-18(26)21(13-11-15(19)22)12-10-14-6-4-3-5-7-14/h3-7H,2,8-13H2,1H3,(H2,19,22)(H,20,23,26). The van der Waals surface area contributed by atoms with Crippen molar-refractivity contribution in [3.05, 3.63) is 35.9 Å². The molecular formula is C18H25N3O4S. The summed E-state index contributed by atoms with van der Waals surface area (Å²) in [4.78, 5) is 36.1. The van der Waals surface area contributed by atoms with E-state index in [4.69, 9.17) is 22.7 Å². The summed E-state index contributed by atoms with van der Waals surface area (Å²) in [6, 6.07) is 9.81. The normalized spacial score (nSPS) is 10.0. The zero-order valence-electron chi connectivity index (χ0n) is 14.9. The Labute approximate surface area is 158 Å². The summed E-state index contributed by atoms with van der Waals surface area (Å²) in [6.45, 7) is 2.84. The van der Waals surface area contributed by atoms with Crippen LogP contribution in [-0.2, 0) is 25.5 Å². The van der Waals surface area contributed by atoms with Gasteiger partial charge in [-0.15, -0.1) is 0 Å². The molecule has 0 aliphatic carbocycles. The van der Waals surface area contributed by atoms with Crippen LogP contribution in [0.1, 0.15) is 31.7 Å². The van der Waals surface area contributed by atoms with Gasteiger partial charge in [0.2, 0.25) is 11.8 Å². The van der Waals surface area contributed by atoms with E-state index in [1.54, 1.807) is 11.8 Å². The first kappa shape index (κ1) is 21.6. The van der Waals surface area contributed by atoms with E-state index >= 15 is 0 Å². The van der Waals surface area contributed by atoms with Crippen LogP contribution in [0, 0.1) is 0 Å². The SMILES string of the molecule is CCOC(=O)CCC(=O)NC(=S)N(CCC(N)=O)CCc1ccccc1. The minimum atomic E-state index is -0.439. The number of thiocarbonyl (C=S) groups is 1. The fraction of sp³-hybridized carbons (Fsp3) is 0.444. The number of esters is 1. The third kappa shape index (κ3) is 9.12. The molecule has 0 radical (unpaired) electrons. The first-order valence-corrected chi connectivity index (χ1v) is 8.89. The summed E-state index contributed by atoms with van der Waals surface area (Å²) in [6.07, 6.45) is 0.820. The third-order valence-electron chi connectivity index (χ3n) is 3.54. The van der Waals surface area contributed by atoms with Crippen LogP contribution < -0.4 is 11.1 Å². The Morgan fingerprint density at radius 1 is 1.12 bits per heavy atom. The Kier molecular flexibility index (Phi) is 9.93. The maximum Gasteiger partial charge on any atom is 0.306 e. The van der Waals surface area contributed by atoms with Crippen molar-refractivity contribution in [2.24, 2.45) is 5.73 Å². The molecular weight excluding hydrogens is 354 g/mol. The number of rotatable bonds is 10. The van der Waals surface area contributed by atoms with Gasteiger partial charge >= 0.3 is 5.97 Å². The molecule has 142 valence electrons. The van der Waals surface area contributed by atoms with Crippen molar-refractivity contribution >= 4 is 35.1 Å². The number of hydrogen-bond acceptors (Lipinski definition) is 5. The summed E-state index contributed by atoms with van der Waals surface area (Å²) >= 11 is 5.28. The molecule has 0 fully saturated rings. The van der Waals surface area contributed by atoms with Crippen LogP contribution >= 0.6 is 12.2 Å². The van der Waals surface area contributed by atoms with E-state index in [0.29, 0.717) is 19.5 Å². The molecule has 0 aromatic heterocycles. The highest BCUT2D eigenvalue weighted by atomic mass is 32.1. The molecule has 1 aromatic rings. The largest absolute Gasteiger partial charge is 0.466 e. The molecule has 0 aliphatic rings. The van der Waals surface area contributed by atoms with E-state index in [0.717, 1.165) is 5.56 Å². The lowest BCUT2D eigenvalue weighted by Crippen LogP contribution is -2.44. The summed E-state index contributed by atoms with van der Waals surface area (Å²) in [5.74, 6) is -1.23. The zero-order valence-corrected chi connectivity index (χ0v) is 15.7. The number of benzene rings is 1. The molecule has 0 heterocycles. The van der Waals surface area contributed by atoms with Crippen LogP contribution in [-0.4, -0.2) is 47.5 Å². The number of ether oxygens (including phenoxy) is 1. The number of nitrogens with two attached hydrogens (primary N) is 1. The first-order valence-electron chi connectivity index (χ1n) is 8.49. The van der Waals surface area contributed by atoms with Gasteiger partial charge in [0, 0.05) is 25.9 Å². The van der Waals surface area contributed by atoms with Crippen molar-refractivity contribution in [3.8, 4) is 0 Å². The highest BCUT2D eigenvalue weighted by Crippen LogP contribution is 2.03. The van der Waals surface area contributed by atoms with Gasteiger partial charge in [0.25, 0.3) is 0 Å². The number of primary amides is 1. The van der Waals surface area contributed by atoms with Gasteiger partial charge in [-0.05, 0) is 31.1 Å². The van der Waals surface area contributed by atoms with E-state index in [1.807, 2.05) is 30.3 Å². The molecule has 8 heteroatoms. The quantitative estimate of drug-likeness (QED) is 0.467. The Bertz CT molecular complexity index is 622. The number of amides is 2. The predicted octanol–water partition coefficient (Wildman–Crippen LogP) is 1.15. The van der Waals surface area contributed by atoms with Gasteiger partial charge in [0.1, 0.15) is 0 Å². The lowest BCUT2D eigenvalue weighted by molar-refractivity contribution is -0.144. The highest BCUT2D eigenvalue weighted by Gasteiger charge is 2.15. The number of nitrogens with zero attached hydrogens (tertiary/aromatic N) is 1. The monoisotopic (exact) mass is 379 g/mol. The Morgan fingerprint density at radius 2 is 1.81 bits per heavy atom. The molecule has 0 bridgehead atoms. The molecule has 0 unspecified atom stereocenters. The number of carbonyl (C=O) groups is 3. The van der Waals surface area contributed by atoms with E-state index in [1.165, 1.54) is 0 Å². The van der Waals surface area contributed by atoms with Crippen LogP contribution in [0.2, 0.25) is 0 Å². The van der Waals surface area contributed by atoms with E-state index in [2.05, 4.69) is 5.32 Å². The molecule has 1 rings (SSSR count). The minimum Gasteiger partial charge on any atom is -0.466 e. The van der Waals surface area contributed by atoms with Crippen LogP contribution in [0.15, 0.2) is 30.3 Å². The van der Waals surface area contributed by atoms with Crippen molar-refractivity contribution in [3.63, 3.8) is 0 Å². The van der Waals surface area contributed by atoms with Crippen molar-refractivity contribution in [1.29, 1.82) is 0 Å². The van der Waals surface area contributed by atoms with Gasteiger partial charge in [-0.25, -0.2) is 0 Å².